The smallest absolute Gasteiger partial charge is 0.329 e. The number of cyclic esters (lactones) is 4. The van der Waals surface area contributed by atoms with Gasteiger partial charge in [0.25, 0.3) is 23.6 Å². The zero-order valence-electron chi connectivity index (χ0n) is 57.3. The lowest BCUT2D eigenvalue weighted by molar-refractivity contribution is -0.176. The Bertz CT molecular complexity index is 3310. The second kappa shape index (κ2) is 32.7. The fourth-order valence-electron chi connectivity index (χ4n) is 11.3. The Morgan fingerprint density at radius 3 is 0.947 bits per heavy atom. The van der Waals surface area contributed by atoms with E-state index in [-0.39, 0.29) is 62.2 Å². The molecule has 0 spiro atoms. The molecule has 0 bridgehead atoms. The Morgan fingerprint density at radius 1 is 0.372 bits per heavy atom. The van der Waals surface area contributed by atoms with Gasteiger partial charge in [0.15, 0.2) is 24.4 Å². The first-order valence-electron chi connectivity index (χ1n) is 32.4. The molecule has 1 aliphatic rings. The Morgan fingerprint density at radius 2 is 0.660 bits per heavy atom. The molecule has 5 heterocycles. The van der Waals surface area contributed by atoms with Crippen LogP contribution >= 0.6 is 0 Å². The lowest BCUT2D eigenvalue weighted by Crippen LogP contribution is -2.55. The fraction of sp³-hybridized carbons (Fsp3) is 0.500. The van der Waals surface area contributed by atoms with Gasteiger partial charge in [-0.2, -0.15) is 10.2 Å². The van der Waals surface area contributed by atoms with Crippen LogP contribution in [-0.4, -0.2) is 173 Å². The van der Waals surface area contributed by atoms with Crippen LogP contribution in [0.2, 0.25) is 0 Å². The van der Waals surface area contributed by atoms with E-state index in [1.54, 1.807) is 58.4 Å². The van der Waals surface area contributed by atoms with Crippen LogP contribution in [0.5, 0.6) is 0 Å². The molecule has 0 aliphatic carbocycles. The van der Waals surface area contributed by atoms with Crippen molar-refractivity contribution in [2.75, 3.05) is 28.2 Å². The molecule has 4 aromatic heterocycles. The second-order valence-electron chi connectivity index (χ2n) is 26.7. The maximum absolute atomic E-state index is 15.2. The van der Waals surface area contributed by atoms with E-state index >= 15 is 9.59 Å². The summed E-state index contributed by atoms with van der Waals surface area (Å²) in [6, 6.07) is 17.3. The highest BCUT2D eigenvalue weighted by atomic mass is 16.6. The first-order chi connectivity index (χ1) is 44.5. The molecular formula is C72H94N10O12. The number of amides is 4. The molecule has 1 aliphatic heterocycles. The van der Waals surface area contributed by atoms with Gasteiger partial charge in [-0.25, -0.2) is 19.2 Å². The lowest BCUT2D eigenvalue weighted by Gasteiger charge is -2.35. The van der Waals surface area contributed by atoms with Crippen molar-refractivity contribution in [3.63, 3.8) is 0 Å². The highest BCUT2D eigenvalue weighted by Crippen LogP contribution is 2.26. The number of nitrogens with zero attached hydrogens (tertiary/aromatic N) is 10. The Hall–Kier alpha value is -9.08. The van der Waals surface area contributed by atoms with Crippen molar-refractivity contribution in [2.45, 2.75) is 183 Å². The van der Waals surface area contributed by atoms with E-state index in [2.05, 4.69) is 20.2 Å². The maximum atomic E-state index is 15.2. The number of hydrogen-bond acceptors (Lipinski definition) is 16. The molecule has 0 N–H and O–H groups in total. The van der Waals surface area contributed by atoms with E-state index in [0.717, 1.165) is 64.4 Å². The predicted molar refractivity (Wildman–Crippen MR) is 354 cm³/mol. The molecular weight excluding hydrogens is 1200 g/mol. The van der Waals surface area contributed by atoms with Crippen molar-refractivity contribution >= 4 is 47.5 Å². The van der Waals surface area contributed by atoms with Gasteiger partial charge in [0, 0.05) is 99.5 Å². The molecule has 4 amide bonds. The summed E-state index contributed by atoms with van der Waals surface area (Å²) in [5.74, 6) is -7.60. The van der Waals surface area contributed by atoms with Crippen LogP contribution in [-0.2, 0) is 83.2 Å². The molecule has 0 unspecified atom stereocenters. The van der Waals surface area contributed by atoms with Crippen molar-refractivity contribution in [1.82, 2.24) is 49.1 Å². The number of benzene rings is 2. The Balaban J connectivity index is 1.22. The third-order valence-electron chi connectivity index (χ3n) is 16.8. The van der Waals surface area contributed by atoms with E-state index in [1.807, 2.05) is 130 Å². The van der Waals surface area contributed by atoms with Gasteiger partial charge in [-0.15, -0.1) is 0 Å². The molecule has 2 aromatic carbocycles. The number of esters is 4. The maximum Gasteiger partial charge on any atom is 0.329 e. The largest absolute Gasteiger partial charge is 0.451 e. The van der Waals surface area contributed by atoms with Gasteiger partial charge in [-0.05, 0) is 111 Å². The predicted octanol–water partition coefficient (Wildman–Crippen LogP) is 8.90. The standard InChI is InChI=1S/C72H94N10O12/c1-43(2)29-59-69(87)91-49(11)65(83)77(13)62(32-46(7)8)72(90)94-64(34-52-21-25-54(26-22-52)40-82-42-58(38-76-82)56-28-18-48(10)74-36-56)68(86)80(16)60(30-44(3)4)70(88)92-50(12)66(84)78(14)61(31-45(5)6)71(89)93-63(67(85)79(59)15)33-51-19-23-53(24-20-51)39-81-41-57(37-75-81)55-27-17-47(9)73-35-55/h17-28,35-38,41-46,49-50,59-64H,29-34,39-40H2,1-16H3/t49-,50-,59+,60+,61+,62+,63-,64-/m1/s1. The summed E-state index contributed by atoms with van der Waals surface area (Å²) in [4.78, 5) is 132. The molecule has 22 heteroatoms. The average molecular weight is 1290 g/mol. The zero-order valence-corrected chi connectivity index (χ0v) is 57.3. The number of aryl methyl sites for hydroxylation is 2. The summed E-state index contributed by atoms with van der Waals surface area (Å²) in [5.41, 5.74) is 8.40. The number of aromatic nitrogens is 6. The molecule has 94 heavy (non-hydrogen) atoms. The van der Waals surface area contributed by atoms with E-state index < -0.39 is 96.1 Å². The van der Waals surface area contributed by atoms with Gasteiger partial charge in [-0.3, -0.25) is 38.5 Å². The van der Waals surface area contributed by atoms with Crippen LogP contribution in [0, 0.1) is 37.5 Å². The van der Waals surface area contributed by atoms with Crippen molar-refractivity contribution < 1.29 is 57.3 Å². The third kappa shape index (κ3) is 19.5. The van der Waals surface area contributed by atoms with Crippen LogP contribution < -0.4 is 0 Å². The highest BCUT2D eigenvalue weighted by Gasteiger charge is 2.43. The van der Waals surface area contributed by atoms with Gasteiger partial charge in [0.2, 0.25) is 0 Å². The van der Waals surface area contributed by atoms with Crippen LogP contribution in [0.15, 0.2) is 110 Å². The number of carbonyl (C=O) groups is 8. The number of likely N-dealkylation sites (N-methyl/N-ethyl adjacent to an activating group) is 4. The van der Waals surface area contributed by atoms with Gasteiger partial charge < -0.3 is 38.5 Å². The third-order valence-corrected chi connectivity index (χ3v) is 16.8. The second-order valence-corrected chi connectivity index (χ2v) is 26.7. The number of rotatable bonds is 18. The molecule has 0 radical (unpaired) electrons. The SMILES string of the molecule is Cc1ccc(-c2cnn(Cc3ccc(C[C@H]4OC(=O)[C@H](CC(C)C)N(C)C(=O)[C@@H](C)OC(=O)[C@H](CC(C)C)N(C)C(=O)[C@@H](Cc5ccc(Cn6cc(-c7ccc(C)nc7)cn6)cc5)OC(=O)[C@H](CC(C)C)N(C)C(=O)[C@@H](C)OC(=O)[C@H](CC(C)C)N(C)C4=O)cc3)c2)cn1. The van der Waals surface area contributed by atoms with Crippen LogP contribution in [0.3, 0.4) is 0 Å². The summed E-state index contributed by atoms with van der Waals surface area (Å²) in [6.45, 7) is 22.2. The zero-order chi connectivity index (χ0) is 68.8. The van der Waals surface area contributed by atoms with Crippen molar-refractivity contribution in [3.8, 4) is 22.3 Å². The summed E-state index contributed by atoms with van der Waals surface area (Å²) in [6.07, 6.45) is 4.78. The molecule has 7 rings (SSSR count). The quantitative estimate of drug-likeness (QED) is 0.0575. The Kier molecular flexibility index (Phi) is 25.1. The van der Waals surface area contributed by atoms with E-state index in [1.165, 1.54) is 42.0 Å². The lowest BCUT2D eigenvalue weighted by atomic mass is 9.99. The first kappa shape index (κ1) is 72.3. The number of ether oxygens (including phenoxy) is 4. The number of hydrogen-bond donors (Lipinski definition) is 0. The monoisotopic (exact) mass is 1290 g/mol. The first-order valence-corrected chi connectivity index (χ1v) is 32.4. The van der Waals surface area contributed by atoms with Crippen LogP contribution in [0.25, 0.3) is 22.3 Å². The van der Waals surface area contributed by atoms with Crippen molar-refractivity contribution in [2.24, 2.45) is 23.7 Å². The summed E-state index contributed by atoms with van der Waals surface area (Å²) in [5, 5.41) is 9.11. The minimum Gasteiger partial charge on any atom is -0.451 e. The van der Waals surface area contributed by atoms with Crippen molar-refractivity contribution in [3.05, 3.63) is 144 Å². The van der Waals surface area contributed by atoms with Crippen LogP contribution in [0.1, 0.15) is 129 Å². The van der Waals surface area contributed by atoms with Gasteiger partial charge in [-0.1, -0.05) is 116 Å². The summed E-state index contributed by atoms with van der Waals surface area (Å²) in [7, 11) is 5.58. The Labute approximate surface area is 552 Å². The molecule has 504 valence electrons. The normalized spacial score (nSPS) is 21.5. The van der Waals surface area contributed by atoms with E-state index in [0.29, 0.717) is 24.2 Å². The number of pyridine rings is 2. The minimum absolute atomic E-state index is 0.0668. The summed E-state index contributed by atoms with van der Waals surface area (Å²) < 4.78 is 28.0. The molecule has 1 saturated heterocycles. The molecule has 0 saturated carbocycles. The van der Waals surface area contributed by atoms with Crippen LogP contribution in [0.4, 0.5) is 0 Å². The van der Waals surface area contributed by atoms with E-state index in [9.17, 15) is 28.8 Å². The highest BCUT2D eigenvalue weighted by molar-refractivity contribution is 5.94. The van der Waals surface area contributed by atoms with Gasteiger partial charge in [0.05, 0.1) is 25.5 Å². The summed E-state index contributed by atoms with van der Waals surface area (Å²) >= 11 is 0. The molecule has 1 fully saturated rings. The minimum atomic E-state index is -1.56. The van der Waals surface area contributed by atoms with Crippen molar-refractivity contribution in [1.29, 1.82) is 0 Å². The fourth-order valence-corrected chi connectivity index (χ4v) is 11.3. The molecule has 22 nitrogen and oxygen atoms in total. The molecule has 6 aromatic rings. The topological polar surface area (TPSA) is 248 Å². The van der Waals surface area contributed by atoms with E-state index in [4.69, 9.17) is 18.9 Å². The van der Waals surface area contributed by atoms with Gasteiger partial charge >= 0.3 is 23.9 Å². The average Bonchev–Trinajstić information content (AvgIpc) is 1.92. The number of carbonyl (C=O) groups excluding carboxylic acids is 8. The van der Waals surface area contributed by atoms with Gasteiger partial charge in [0.1, 0.15) is 24.2 Å². The molecule has 8 atom stereocenters.